The fraction of sp³-hybridized carbons (Fsp3) is 0.615. The molecular weight excluding hydrogens is 294 g/mol. The van der Waals surface area contributed by atoms with Crippen LogP contribution in [0.25, 0.3) is 0 Å². The lowest BCUT2D eigenvalue weighted by Crippen LogP contribution is -2.47. The number of hydrogen-bond acceptors (Lipinski definition) is 5. The van der Waals surface area contributed by atoms with E-state index in [0.717, 1.165) is 0 Å². The van der Waals surface area contributed by atoms with Crippen LogP contribution in [0, 0.1) is 6.92 Å². The number of aromatic nitrogens is 1. The molecule has 1 aliphatic rings. The van der Waals surface area contributed by atoms with Crippen LogP contribution in [-0.4, -0.2) is 68.5 Å². The Bertz CT molecular complexity index is 643. The van der Waals surface area contributed by atoms with Gasteiger partial charge in [0.2, 0.25) is 10.0 Å². The summed E-state index contributed by atoms with van der Waals surface area (Å²) in [6.07, 6.45) is 0. The molecule has 1 fully saturated rings. The summed E-state index contributed by atoms with van der Waals surface area (Å²) in [6.45, 7) is 4.01. The number of likely N-dealkylation sites (N-methyl/N-ethyl adjacent to an activating group) is 1. The summed E-state index contributed by atoms with van der Waals surface area (Å²) in [5.74, 6) is -0.541. The molecule has 1 saturated heterocycles. The van der Waals surface area contributed by atoms with E-state index in [0.29, 0.717) is 31.9 Å². The number of methoxy groups -OCH3 is 1. The highest BCUT2D eigenvalue weighted by Gasteiger charge is 2.31. The lowest BCUT2D eigenvalue weighted by Gasteiger charge is -2.31. The van der Waals surface area contributed by atoms with Gasteiger partial charge in [-0.05, 0) is 20.0 Å². The number of rotatable bonds is 3. The van der Waals surface area contributed by atoms with E-state index >= 15 is 0 Å². The van der Waals surface area contributed by atoms with Gasteiger partial charge in [0, 0.05) is 38.9 Å². The monoisotopic (exact) mass is 315 g/mol. The van der Waals surface area contributed by atoms with Gasteiger partial charge in [0.05, 0.1) is 7.11 Å². The minimum Gasteiger partial charge on any atom is -0.464 e. The van der Waals surface area contributed by atoms with E-state index in [1.54, 1.807) is 18.5 Å². The minimum absolute atomic E-state index is 0.176. The van der Waals surface area contributed by atoms with Crippen molar-refractivity contribution in [1.29, 1.82) is 0 Å². The molecule has 8 heteroatoms. The van der Waals surface area contributed by atoms with Gasteiger partial charge in [0.25, 0.3) is 0 Å². The number of nitrogens with zero attached hydrogens (tertiary/aromatic N) is 3. The molecule has 0 amide bonds. The highest BCUT2D eigenvalue weighted by atomic mass is 32.2. The van der Waals surface area contributed by atoms with Gasteiger partial charge in [-0.3, -0.25) is 0 Å². The SMILES string of the molecule is COC(=O)c1cc(S(=O)(=O)N2CCN(C)CC2)c(C)n1C. The molecule has 1 aromatic rings. The van der Waals surface area contributed by atoms with Crippen molar-refractivity contribution in [1.82, 2.24) is 13.8 Å². The Morgan fingerprint density at radius 3 is 2.29 bits per heavy atom. The van der Waals surface area contributed by atoms with Crippen molar-refractivity contribution in [3.8, 4) is 0 Å². The molecular formula is C13H21N3O4S. The van der Waals surface area contributed by atoms with Crippen LogP contribution in [-0.2, 0) is 21.8 Å². The van der Waals surface area contributed by atoms with Gasteiger partial charge in [-0.1, -0.05) is 0 Å². The minimum atomic E-state index is -3.58. The highest BCUT2D eigenvalue weighted by molar-refractivity contribution is 7.89. The Hall–Kier alpha value is -1.38. The molecule has 0 aromatic carbocycles. The van der Waals surface area contributed by atoms with E-state index in [1.165, 1.54) is 17.5 Å². The highest BCUT2D eigenvalue weighted by Crippen LogP contribution is 2.24. The van der Waals surface area contributed by atoms with Gasteiger partial charge >= 0.3 is 5.97 Å². The van der Waals surface area contributed by atoms with Crippen LogP contribution in [0.2, 0.25) is 0 Å². The van der Waals surface area contributed by atoms with Crippen LogP contribution in [0.5, 0.6) is 0 Å². The van der Waals surface area contributed by atoms with Crippen molar-refractivity contribution in [3.05, 3.63) is 17.5 Å². The second kappa shape index (κ2) is 5.78. The number of sulfonamides is 1. The molecule has 1 aliphatic heterocycles. The zero-order valence-electron chi connectivity index (χ0n) is 12.8. The number of hydrogen-bond donors (Lipinski definition) is 0. The van der Waals surface area contributed by atoms with Crippen LogP contribution >= 0.6 is 0 Å². The van der Waals surface area contributed by atoms with Crippen LogP contribution in [0.1, 0.15) is 16.2 Å². The fourth-order valence-electron chi connectivity index (χ4n) is 2.40. The summed E-state index contributed by atoms with van der Waals surface area (Å²) in [5.41, 5.74) is 0.775. The summed E-state index contributed by atoms with van der Waals surface area (Å²) >= 11 is 0. The standard InChI is InChI=1S/C13H21N3O4S/c1-10-12(9-11(15(10)3)13(17)20-4)21(18,19)16-7-5-14(2)6-8-16/h9H,5-8H2,1-4H3. The fourth-order valence-corrected chi connectivity index (χ4v) is 4.09. The number of carbonyl (C=O) groups excluding carboxylic acids is 1. The Kier molecular flexibility index (Phi) is 4.40. The molecule has 1 aromatic heterocycles. The van der Waals surface area contributed by atoms with Gasteiger partial charge < -0.3 is 14.2 Å². The van der Waals surface area contributed by atoms with E-state index in [1.807, 2.05) is 7.05 Å². The van der Waals surface area contributed by atoms with Gasteiger partial charge in [-0.15, -0.1) is 0 Å². The van der Waals surface area contributed by atoms with Crippen LogP contribution in [0.4, 0.5) is 0 Å². The second-order valence-electron chi connectivity index (χ2n) is 5.24. The molecule has 2 rings (SSSR count). The zero-order valence-corrected chi connectivity index (χ0v) is 13.6. The average molecular weight is 315 g/mol. The molecule has 21 heavy (non-hydrogen) atoms. The topological polar surface area (TPSA) is 71.8 Å². The molecule has 0 atom stereocenters. The van der Waals surface area contributed by atoms with Crippen molar-refractivity contribution >= 4 is 16.0 Å². The first kappa shape index (κ1) is 16.0. The number of piperazine rings is 1. The third-order valence-corrected chi connectivity index (χ3v) is 5.98. The van der Waals surface area contributed by atoms with Gasteiger partial charge in [-0.2, -0.15) is 4.31 Å². The Balaban J connectivity index is 2.39. The summed E-state index contributed by atoms with van der Waals surface area (Å²) in [7, 11) is 1.32. The second-order valence-corrected chi connectivity index (χ2v) is 7.14. The third kappa shape index (κ3) is 2.83. The van der Waals surface area contributed by atoms with Gasteiger partial charge in [0.1, 0.15) is 10.6 Å². The number of ether oxygens (including phenoxy) is 1. The van der Waals surface area contributed by atoms with Gasteiger partial charge in [0.15, 0.2) is 0 Å². The Labute approximate surface area is 125 Å². The molecule has 0 radical (unpaired) electrons. The quantitative estimate of drug-likeness (QED) is 0.738. The Morgan fingerprint density at radius 1 is 1.19 bits per heavy atom. The first-order chi connectivity index (χ1) is 9.78. The lowest BCUT2D eigenvalue weighted by atomic mass is 10.4. The normalized spacial score (nSPS) is 17.9. The molecule has 118 valence electrons. The molecule has 0 bridgehead atoms. The first-order valence-electron chi connectivity index (χ1n) is 6.72. The Morgan fingerprint density at radius 2 is 1.76 bits per heavy atom. The molecule has 0 N–H and O–H groups in total. The lowest BCUT2D eigenvalue weighted by molar-refractivity contribution is 0.0589. The molecule has 0 aliphatic carbocycles. The molecule has 0 spiro atoms. The van der Waals surface area contributed by atoms with Crippen molar-refractivity contribution in [3.63, 3.8) is 0 Å². The molecule has 0 unspecified atom stereocenters. The van der Waals surface area contributed by atoms with Crippen LogP contribution in [0.3, 0.4) is 0 Å². The summed E-state index contributed by atoms with van der Waals surface area (Å²) in [4.78, 5) is 14.0. The first-order valence-corrected chi connectivity index (χ1v) is 8.16. The van der Waals surface area contributed by atoms with Gasteiger partial charge in [-0.25, -0.2) is 13.2 Å². The van der Waals surface area contributed by atoms with Crippen molar-refractivity contribution in [2.24, 2.45) is 7.05 Å². The predicted molar refractivity (Wildman–Crippen MR) is 77.7 cm³/mol. The van der Waals surface area contributed by atoms with Crippen molar-refractivity contribution in [2.45, 2.75) is 11.8 Å². The maximum Gasteiger partial charge on any atom is 0.354 e. The molecule has 0 saturated carbocycles. The van der Waals surface area contributed by atoms with E-state index < -0.39 is 16.0 Å². The zero-order chi connectivity index (χ0) is 15.8. The third-order valence-electron chi connectivity index (χ3n) is 3.96. The number of carbonyl (C=O) groups is 1. The predicted octanol–water partition coefficient (Wildman–Crippen LogP) is 0.0562. The smallest absolute Gasteiger partial charge is 0.354 e. The number of esters is 1. The summed E-state index contributed by atoms with van der Waals surface area (Å²) < 4.78 is 33.2. The van der Waals surface area contributed by atoms with Crippen LogP contribution < -0.4 is 0 Å². The average Bonchev–Trinajstić information content (AvgIpc) is 2.75. The molecule has 2 heterocycles. The van der Waals surface area contributed by atoms with Crippen molar-refractivity contribution in [2.75, 3.05) is 40.3 Å². The van der Waals surface area contributed by atoms with E-state index in [2.05, 4.69) is 9.64 Å². The molecule has 7 nitrogen and oxygen atoms in total. The summed E-state index contributed by atoms with van der Waals surface area (Å²) in [6, 6.07) is 1.40. The summed E-state index contributed by atoms with van der Waals surface area (Å²) in [5, 5.41) is 0. The maximum atomic E-state index is 12.7. The van der Waals surface area contributed by atoms with E-state index in [-0.39, 0.29) is 10.6 Å². The maximum absolute atomic E-state index is 12.7. The van der Waals surface area contributed by atoms with Crippen molar-refractivity contribution < 1.29 is 17.9 Å². The van der Waals surface area contributed by atoms with E-state index in [4.69, 9.17) is 0 Å². The van der Waals surface area contributed by atoms with E-state index in [9.17, 15) is 13.2 Å². The van der Waals surface area contributed by atoms with Crippen LogP contribution in [0.15, 0.2) is 11.0 Å². The largest absolute Gasteiger partial charge is 0.464 e.